The van der Waals surface area contributed by atoms with Crippen molar-refractivity contribution in [3.05, 3.63) is 29.3 Å². The van der Waals surface area contributed by atoms with Gasteiger partial charge in [0.1, 0.15) is 5.75 Å². The van der Waals surface area contributed by atoms with Crippen LogP contribution in [0.15, 0.2) is 18.2 Å². The second kappa shape index (κ2) is 4.20. The molecule has 0 aromatic heterocycles. The summed E-state index contributed by atoms with van der Waals surface area (Å²) < 4.78 is 5.22. The number of hydrogen-bond acceptors (Lipinski definition) is 2. The fraction of sp³-hybridized carbons (Fsp3) is 0.455. The van der Waals surface area contributed by atoms with Gasteiger partial charge in [-0.05, 0) is 30.7 Å². The smallest absolute Gasteiger partial charge is 0.123 e. The van der Waals surface area contributed by atoms with Crippen LogP contribution in [0.3, 0.4) is 0 Å². The molecular formula is C11H14ClNO. The Morgan fingerprint density at radius 1 is 1.57 bits per heavy atom. The molecule has 0 spiro atoms. The Morgan fingerprint density at radius 3 is 2.86 bits per heavy atom. The van der Waals surface area contributed by atoms with Gasteiger partial charge in [-0.2, -0.15) is 0 Å². The highest BCUT2D eigenvalue weighted by molar-refractivity contribution is 6.17. The van der Waals surface area contributed by atoms with Crippen LogP contribution in [0, 0.1) is 0 Å². The van der Waals surface area contributed by atoms with Crippen LogP contribution in [-0.4, -0.2) is 13.7 Å². The van der Waals surface area contributed by atoms with Gasteiger partial charge in [0, 0.05) is 11.6 Å². The lowest BCUT2D eigenvalue weighted by Gasteiger charge is -2.28. The average molecular weight is 212 g/mol. The maximum atomic E-state index is 5.85. The molecule has 0 radical (unpaired) electrons. The van der Waals surface area contributed by atoms with E-state index in [0.29, 0.717) is 11.9 Å². The molecule has 1 aromatic carbocycles. The first-order valence-corrected chi connectivity index (χ1v) is 5.34. The molecule has 1 heterocycles. The third-order valence-electron chi connectivity index (χ3n) is 2.67. The Bertz CT molecular complexity index is 323. The zero-order valence-corrected chi connectivity index (χ0v) is 8.97. The molecule has 0 aliphatic carbocycles. The minimum atomic E-state index is 0.504. The molecule has 1 N–H and O–H groups in total. The number of halogens is 1. The number of benzene rings is 1. The van der Waals surface area contributed by atoms with E-state index in [1.54, 1.807) is 7.11 Å². The van der Waals surface area contributed by atoms with E-state index in [1.807, 2.05) is 6.07 Å². The standard InChI is InChI=1S/C11H14ClNO/c1-14-11-3-2-8(6-9(11)7-12)10-4-5-13-10/h2-3,6,10,13H,4-5,7H2,1H3/t10-/m0/s1. The third-order valence-corrected chi connectivity index (χ3v) is 2.96. The molecule has 2 rings (SSSR count). The zero-order chi connectivity index (χ0) is 9.97. The summed E-state index contributed by atoms with van der Waals surface area (Å²) in [4.78, 5) is 0. The number of methoxy groups -OCH3 is 1. The summed E-state index contributed by atoms with van der Waals surface area (Å²) in [7, 11) is 1.67. The van der Waals surface area contributed by atoms with Gasteiger partial charge in [0.25, 0.3) is 0 Å². The topological polar surface area (TPSA) is 21.3 Å². The van der Waals surface area contributed by atoms with Crippen molar-refractivity contribution in [2.45, 2.75) is 18.3 Å². The van der Waals surface area contributed by atoms with Gasteiger partial charge in [0.2, 0.25) is 0 Å². The van der Waals surface area contributed by atoms with Gasteiger partial charge in [0.15, 0.2) is 0 Å². The maximum Gasteiger partial charge on any atom is 0.123 e. The van der Waals surface area contributed by atoms with Crippen LogP contribution in [0.4, 0.5) is 0 Å². The average Bonchev–Trinajstić information content (AvgIpc) is 2.15. The molecule has 76 valence electrons. The molecule has 3 heteroatoms. The van der Waals surface area contributed by atoms with Crippen LogP contribution in [-0.2, 0) is 5.88 Å². The molecule has 1 atom stereocenters. The normalized spacial score (nSPS) is 20.3. The van der Waals surface area contributed by atoms with Gasteiger partial charge in [-0.15, -0.1) is 11.6 Å². The van der Waals surface area contributed by atoms with Gasteiger partial charge < -0.3 is 10.1 Å². The Balaban J connectivity index is 2.26. The summed E-state index contributed by atoms with van der Waals surface area (Å²) in [6, 6.07) is 6.74. The molecular weight excluding hydrogens is 198 g/mol. The van der Waals surface area contributed by atoms with Gasteiger partial charge in [-0.1, -0.05) is 6.07 Å². The predicted octanol–water partition coefficient (Wildman–Crippen LogP) is 2.47. The molecule has 0 amide bonds. The van der Waals surface area contributed by atoms with E-state index < -0.39 is 0 Å². The third kappa shape index (κ3) is 1.72. The van der Waals surface area contributed by atoms with Crippen molar-refractivity contribution < 1.29 is 4.74 Å². The minimum Gasteiger partial charge on any atom is -0.496 e. The molecule has 1 aliphatic rings. The first-order chi connectivity index (χ1) is 6.85. The highest BCUT2D eigenvalue weighted by atomic mass is 35.5. The van der Waals surface area contributed by atoms with Crippen molar-refractivity contribution in [1.82, 2.24) is 5.32 Å². The van der Waals surface area contributed by atoms with Crippen LogP contribution in [0.5, 0.6) is 5.75 Å². The van der Waals surface area contributed by atoms with E-state index in [1.165, 1.54) is 12.0 Å². The van der Waals surface area contributed by atoms with Crippen molar-refractivity contribution >= 4 is 11.6 Å². The molecule has 0 saturated carbocycles. The lowest BCUT2D eigenvalue weighted by atomic mass is 9.96. The van der Waals surface area contributed by atoms with Gasteiger partial charge in [-0.3, -0.25) is 0 Å². The molecule has 2 nitrogen and oxygen atoms in total. The van der Waals surface area contributed by atoms with E-state index in [4.69, 9.17) is 16.3 Å². The monoisotopic (exact) mass is 211 g/mol. The van der Waals surface area contributed by atoms with Crippen molar-refractivity contribution in [1.29, 1.82) is 0 Å². The molecule has 1 aliphatic heterocycles. The molecule has 14 heavy (non-hydrogen) atoms. The van der Waals surface area contributed by atoms with Crippen LogP contribution in [0.25, 0.3) is 0 Å². The molecule has 1 aromatic rings. The number of hydrogen-bond donors (Lipinski definition) is 1. The highest BCUT2D eigenvalue weighted by Gasteiger charge is 2.19. The molecule has 1 fully saturated rings. The summed E-state index contributed by atoms with van der Waals surface area (Å²) in [6.07, 6.45) is 1.22. The van der Waals surface area contributed by atoms with Crippen molar-refractivity contribution in [3.63, 3.8) is 0 Å². The van der Waals surface area contributed by atoms with Crippen LogP contribution >= 0.6 is 11.6 Å². The molecule has 0 unspecified atom stereocenters. The SMILES string of the molecule is COc1ccc([C@@H]2CCN2)cc1CCl. The lowest BCUT2D eigenvalue weighted by Crippen LogP contribution is -2.34. The van der Waals surface area contributed by atoms with Crippen LogP contribution < -0.4 is 10.1 Å². The Hall–Kier alpha value is -0.730. The van der Waals surface area contributed by atoms with E-state index in [2.05, 4.69) is 17.4 Å². The van der Waals surface area contributed by atoms with Crippen molar-refractivity contribution in [2.24, 2.45) is 0 Å². The Kier molecular flexibility index (Phi) is 2.94. The van der Waals surface area contributed by atoms with Crippen molar-refractivity contribution in [2.75, 3.05) is 13.7 Å². The summed E-state index contributed by atoms with van der Waals surface area (Å²) in [5, 5.41) is 3.37. The van der Waals surface area contributed by atoms with Gasteiger partial charge >= 0.3 is 0 Å². The summed E-state index contributed by atoms with van der Waals surface area (Å²) >= 11 is 5.85. The summed E-state index contributed by atoms with van der Waals surface area (Å²) in [6.45, 7) is 1.12. The summed E-state index contributed by atoms with van der Waals surface area (Å²) in [5.74, 6) is 1.38. The Labute approximate surface area is 89.2 Å². The molecule has 1 saturated heterocycles. The molecule has 0 bridgehead atoms. The number of nitrogens with one attached hydrogen (secondary N) is 1. The van der Waals surface area contributed by atoms with E-state index in [0.717, 1.165) is 17.9 Å². The fourth-order valence-corrected chi connectivity index (χ4v) is 1.90. The lowest BCUT2D eigenvalue weighted by molar-refractivity contribution is 0.381. The largest absolute Gasteiger partial charge is 0.496 e. The fourth-order valence-electron chi connectivity index (χ4n) is 1.69. The highest BCUT2D eigenvalue weighted by Crippen LogP contribution is 2.28. The van der Waals surface area contributed by atoms with Gasteiger partial charge in [-0.25, -0.2) is 0 Å². The van der Waals surface area contributed by atoms with Crippen LogP contribution in [0.1, 0.15) is 23.6 Å². The van der Waals surface area contributed by atoms with Gasteiger partial charge in [0.05, 0.1) is 13.0 Å². The Morgan fingerprint density at radius 2 is 2.36 bits per heavy atom. The van der Waals surface area contributed by atoms with Crippen molar-refractivity contribution in [3.8, 4) is 5.75 Å². The van der Waals surface area contributed by atoms with E-state index >= 15 is 0 Å². The quantitative estimate of drug-likeness (QED) is 0.776. The maximum absolute atomic E-state index is 5.85. The number of ether oxygens (including phenoxy) is 1. The first-order valence-electron chi connectivity index (χ1n) is 4.81. The first kappa shape index (κ1) is 9.81. The number of alkyl halides is 1. The summed E-state index contributed by atoms with van der Waals surface area (Å²) in [5.41, 5.74) is 2.38. The van der Waals surface area contributed by atoms with Crippen LogP contribution in [0.2, 0.25) is 0 Å². The number of rotatable bonds is 3. The van der Waals surface area contributed by atoms with E-state index in [9.17, 15) is 0 Å². The predicted molar refractivity (Wildman–Crippen MR) is 57.9 cm³/mol. The second-order valence-corrected chi connectivity index (χ2v) is 3.77. The second-order valence-electron chi connectivity index (χ2n) is 3.50. The zero-order valence-electron chi connectivity index (χ0n) is 8.22. The van der Waals surface area contributed by atoms with E-state index in [-0.39, 0.29) is 0 Å². The minimum absolute atomic E-state index is 0.504.